The van der Waals surface area contributed by atoms with Gasteiger partial charge in [0, 0.05) is 47.6 Å². The number of aliphatic hydroxyl groups is 1. The number of hydrogen-bond donors (Lipinski definition) is 3. The Labute approximate surface area is 232 Å². The normalized spacial score (nSPS) is 20.8. The van der Waals surface area contributed by atoms with Crippen LogP contribution in [0.1, 0.15) is 66.5 Å². The molecule has 1 saturated heterocycles. The van der Waals surface area contributed by atoms with Crippen LogP contribution in [-0.4, -0.2) is 73.3 Å². The summed E-state index contributed by atoms with van der Waals surface area (Å²) in [5, 5.41) is 22.3. The van der Waals surface area contributed by atoms with E-state index in [1.54, 1.807) is 4.57 Å². The molecule has 4 atom stereocenters. The summed E-state index contributed by atoms with van der Waals surface area (Å²) >= 11 is 2.06. The van der Waals surface area contributed by atoms with Crippen molar-refractivity contribution in [1.29, 1.82) is 5.26 Å². The second-order valence-corrected chi connectivity index (χ2v) is 11.7. The Balaban J connectivity index is 1.88. The van der Waals surface area contributed by atoms with Crippen LogP contribution in [0.4, 0.5) is 5.95 Å². The number of ether oxygens (including phenoxy) is 1. The number of aromatic amines is 1. The van der Waals surface area contributed by atoms with Crippen LogP contribution in [0, 0.1) is 15.2 Å². The lowest BCUT2D eigenvalue weighted by molar-refractivity contribution is -0.0419. The van der Waals surface area contributed by atoms with Gasteiger partial charge in [0.15, 0.2) is 15.0 Å². The van der Waals surface area contributed by atoms with Crippen molar-refractivity contribution in [2.45, 2.75) is 90.8 Å². The number of hydrogen-bond acceptors (Lipinski definition) is 10. The van der Waals surface area contributed by atoms with Crippen LogP contribution in [0.3, 0.4) is 0 Å². The number of anilines is 1. The lowest BCUT2D eigenvalue weighted by Crippen LogP contribution is -2.36. The van der Waals surface area contributed by atoms with Gasteiger partial charge in [0.2, 0.25) is 5.95 Å². The molecule has 206 valence electrons. The van der Waals surface area contributed by atoms with Crippen LogP contribution < -0.4 is 10.9 Å². The number of fused-ring (bicyclic) bond motifs is 1. The molecule has 1 aliphatic rings. The molecule has 0 saturated carbocycles. The first-order valence-corrected chi connectivity index (χ1v) is 14.9. The second kappa shape index (κ2) is 14.1. The van der Waals surface area contributed by atoms with Gasteiger partial charge in [-0.25, -0.2) is 9.65 Å². The number of nitriles is 1. The SMILES string of the molecule is CCCCNc1nc2c(nc(I)n2[C@H]2C[C@H](OP(OCCC#N)N(C(C)C)C(C)C)[C@@H](CO)O2)c(=O)[nH]1. The predicted molar refractivity (Wildman–Crippen MR) is 150 cm³/mol. The zero-order valence-electron chi connectivity index (χ0n) is 22.0. The number of unbranched alkanes of at least 4 members (excludes halogenated alkanes) is 1. The fourth-order valence-corrected chi connectivity index (χ4v) is 6.76. The number of aliphatic hydroxyl groups excluding tert-OH is 1. The number of aromatic nitrogens is 4. The molecule has 0 radical (unpaired) electrons. The van der Waals surface area contributed by atoms with E-state index in [4.69, 9.17) is 19.0 Å². The molecule has 37 heavy (non-hydrogen) atoms. The summed E-state index contributed by atoms with van der Waals surface area (Å²) in [7, 11) is -1.51. The summed E-state index contributed by atoms with van der Waals surface area (Å²) < 4.78 is 23.2. The maximum atomic E-state index is 12.7. The number of rotatable bonds is 14. The average molecular weight is 649 g/mol. The lowest BCUT2D eigenvalue weighted by atomic mass is 10.2. The van der Waals surface area contributed by atoms with Crippen molar-refractivity contribution in [1.82, 2.24) is 24.2 Å². The van der Waals surface area contributed by atoms with Crippen molar-refractivity contribution in [3.63, 3.8) is 0 Å². The van der Waals surface area contributed by atoms with Crippen molar-refractivity contribution in [2.24, 2.45) is 0 Å². The highest BCUT2D eigenvalue weighted by molar-refractivity contribution is 14.1. The van der Waals surface area contributed by atoms with Crippen LogP contribution in [0.5, 0.6) is 0 Å². The smallest absolute Gasteiger partial charge is 0.280 e. The third-order valence-corrected chi connectivity index (χ3v) is 8.78. The molecule has 3 N–H and O–H groups in total. The van der Waals surface area contributed by atoms with E-state index in [-0.39, 0.29) is 42.8 Å². The quantitative estimate of drug-likeness (QED) is 0.119. The zero-order chi connectivity index (χ0) is 27.1. The van der Waals surface area contributed by atoms with E-state index >= 15 is 0 Å². The summed E-state index contributed by atoms with van der Waals surface area (Å²) in [5.41, 5.74) is 0.309. The highest BCUT2D eigenvalue weighted by Gasteiger charge is 2.42. The Hall–Kier alpha value is -1.40. The van der Waals surface area contributed by atoms with Gasteiger partial charge in [-0.3, -0.25) is 14.3 Å². The van der Waals surface area contributed by atoms with Gasteiger partial charge in [0.25, 0.3) is 14.1 Å². The van der Waals surface area contributed by atoms with E-state index in [0.29, 0.717) is 28.4 Å². The molecular weight excluding hydrogens is 612 g/mol. The minimum absolute atomic E-state index is 0.145. The molecule has 1 unspecified atom stereocenters. The number of H-pyrrole nitrogens is 1. The van der Waals surface area contributed by atoms with Crippen LogP contribution in [0.2, 0.25) is 0 Å². The number of nitrogens with zero attached hydrogens (tertiary/aromatic N) is 5. The largest absolute Gasteiger partial charge is 0.394 e. The number of imidazole rings is 1. The molecule has 3 rings (SSSR count). The van der Waals surface area contributed by atoms with Crippen molar-refractivity contribution in [2.75, 3.05) is 25.1 Å². The molecule has 0 spiro atoms. The summed E-state index contributed by atoms with van der Waals surface area (Å²) in [5.74, 6) is 0.381. The zero-order valence-corrected chi connectivity index (χ0v) is 25.0. The molecule has 2 aromatic heterocycles. The van der Waals surface area contributed by atoms with Gasteiger partial charge in [-0.05, 0) is 34.1 Å². The van der Waals surface area contributed by atoms with Gasteiger partial charge in [-0.15, -0.1) is 0 Å². The van der Waals surface area contributed by atoms with Gasteiger partial charge >= 0.3 is 0 Å². The average Bonchev–Trinajstić information content (AvgIpc) is 3.38. The minimum Gasteiger partial charge on any atom is -0.394 e. The van der Waals surface area contributed by atoms with E-state index < -0.39 is 27.0 Å². The minimum atomic E-state index is -1.51. The van der Waals surface area contributed by atoms with Crippen molar-refractivity contribution in [3.05, 3.63) is 14.2 Å². The van der Waals surface area contributed by atoms with E-state index in [2.05, 4.69) is 88.2 Å². The molecule has 0 bridgehead atoms. The Morgan fingerprint density at radius 3 is 2.73 bits per heavy atom. The first-order chi connectivity index (χ1) is 17.7. The van der Waals surface area contributed by atoms with Gasteiger partial charge < -0.3 is 24.2 Å². The molecule has 0 amide bonds. The Morgan fingerprint density at radius 1 is 1.38 bits per heavy atom. The molecule has 0 aromatic carbocycles. The van der Waals surface area contributed by atoms with Crippen molar-refractivity contribution < 1.29 is 18.9 Å². The monoisotopic (exact) mass is 649 g/mol. The van der Waals surface area contributed by atoms with E-state index in [0.717, 1.165) is 12.8 Å². The molecular formula is C23H37IN7O5P. The summed E-state index contributed by atoms with van der Waals surface area (Å²) in [6, 6.07) is 2.39. The summed E-state index contributed by atoms with van der Waals surface area (Å²) in [4.78, 5) is 24.5. The van der Waals surface area contributed by atoms with E-state index in [1.165, 1.54) is 0 Å². The molecule has 1 fully saturated rings. The molecule has 1 aliphatic heterocycles. The highest BCUT2D eigenvalue weighted by atomic mass is 127. The molecule has 14 heteroatoms. The maximum Gasteiger partial charge on any atom is 0.280 e. The van der Waals surface area contributed by atoms with Gasteiger partial charge in [-0.2, -0.15) is 10.2 Å². The number of nitrogens with one attached hydrogen (secondary N) is 2. The first kappa shape index (κ1) is 30.1. The predicted octanol–water partition coefficient (Wildman–Crippen LogP) is 3.88. The third kappa shape index (κ3) is 7.38. The maximum absolute atomic E-state index is 12.7. The topological polar surface area (TPSA) is 151 Å². The highest BCUT2D eigenvalue weighted by Crippen LogP contribution is 2.50. The molecule has 0 aliphatic carbocycles. The van der Waals surface area contributed by atoms with Gasteiger partial charge in [-0.1, -0.05) is 13.3 Å². The first-order valence-electron chi connectivity index (χ1n) is 12.6. The van der Waals surface area contributed by atoms with Gasteiger partial charge in [0.1, 0.15) is 12.3 Å². The molecule has 12 nitrogen and oxygen atoms in total. The summed E-state index contributed by atoms with van der Waals surface area (Å²) in [6.45, 7) is 11.1. The van der Waals surface area contributed by atoms with E-state index in [9.17, 15) is 9.90 Å². The second-order valence-electron chi connectivity index (χ2n) is 9.36. The van der Waals surface area contributed by atoms with Crippen molar-refractivity contribution in [3.8, 4) is 6.07 Å². The Bertz CT molecular complexity index is 1110. The fraction of sp³-hybridized carbons (Fsp3) is 0.739. The standard InChI is InChI=1S/C23H37IN7O5P/c1-6-7-10-26-23-28-20-19(21(33)29-23)27-22(24)30(20)18-12-16(17(13-32)35-18)36-37(34-11-8-9-25)31(14(2)3)15(4)5/h14-18,32H,6-8,10-13H2,1-5H3,(H2,26,28,29,33)/t16-,17+,18+,37?/m0/s1. The molecule has 3 heterocycles. The Morgan fingerprint density at radius 2 is 2.11 bits per heavy atom. The van der Waals surface area contributed by atoms with Gasteiger partial charge in [0.05, 0.1) is 31.8 Å². The van der Waals surface area contributed by atoms with Crippen LogP contribution in [0.15, 0.2) is 4.79 Å². The summed E-state index contributed by atoms with van der Waals surface area (Å²) in [6.07, 6.45) is 1.01. The van der Waals surface area contributed by atoms with Crippen LogP contribution in [-0.2, 0) is 13.8 Å². The van der Waals surface area contributed by atoms with E-state index in [1.807, 2.05) is 0 Å². The fourth-order valence-electron chi connectivity index (χ4n) is 4.22. The van der Waals surface area contributed by atoms with Crippen molar-refractivity contribution >= 4 is 48.2 Å². The third-order valence-electron chi connectivity index (χ3n) is 5.87. The molecule has 2 aromatic rings. The number of halogens is 1. The van der Waals surface area contributed by atoms with Crippen LogP contribution in [0.25, 0.3) is 11.2 Å². The Kier molecular flexibility index (Phi) is 11.5. The lowest BCUT2D eigenvalue weighted by Gasteiger charge is -2.37. The van der Waals surface area contributed by atoms with Crippen LogP contribution >= 0.6 is 31.1 Å².